The number of aryl methyl sites for hydroxylation is 2. The lowest BCUT2D eigenvalue weighted by Gasteiger charge is -2.07. The maximum absolute atomic E-state index is 13.1. The standard InChI is InChI=1S/C21H21FO2/c1-4-24-21(23)12-9-19(14-17-6-10-20(22)11-7-17)18-8-5-15(2)16(3)13-18/h5-14H,4H2,1-3H3/b12-9-,19-14+. The number of esters is 1. The first-order valence-corrected chi connectivity index (χ1v) is 7.89. The Bertz CT molecular complexity index is 771. The summed E-state index contributed by atoms with van der Waals surface area (Å²) in [5.74, 6) is -0.659. The van der Waals surface area contributed by atoms with Crippen LogP contribution in [0.3, 0.4) is 0 Å². The van der Waals surface area contributed by atoms with E-state index in [2.05, 4.69) is 13.0 Å². The smallest absolute Gasteiger partial charge is 0.330 e. The van der Waals surface area contributed by atoms with Crippen LogP contribution in [0.25, 0.3) is 11.6 Å². The van der Waals surface area contributed by atoms with Gasteiger partial charge in [-0.1, -0.05) is 30.3 Å². The van der Waals surface area contributed by atoms with E-state index in [1.165, 1.54) is 29.3 Å². The van der Waals surface area contributed by atoms with Crippen molar-refractivity contribution in [2.24, 2.45) is 0 Å². The number of carbonyl (C=O) groups is 1. The Morgan fingerprint density at radius 2 is 1.75 bits per heavy atom. The van der Waals surface area contributed by atoms with Crippen molar-refractivity contribution in [2.75, 3.05) is 6.61 Å². The van der Waals surface area contributed by atoms with Gasteiger partial charge in [0, 0.05) is 6.08 Å². The van der Waals surface area contributed by atoms with E-state index >= 15 is 0 Å². The second-order valence-corrected chi connectivity index (χ2v) is 5.54. The Kier molecular flexibility index (Phi) is 6.07. The van der Waals surface area contributed by atoms with Gasteiger partial charge in [-0.3, -0.25) is 0 Å². The van der Waals surface area contributed by atoms with E-state index in [4.69, 9.17) is 4.74 Å². The number of hydrogen-bond donors (Lipinski definition) is 0. The van der Waals surface area contributed by atoms with E-state index in [9.17, 15) is 9.18 Å². The van der Waals surface area contributed by atoms with Gasteiger partial charge >= 0.3 is 5.97 Å². The first-order valence-electron chi connectivity index (χ1n) is 7.89. The van der Waals surface area contributed by atoms with Crippen LogP contribution in [0.2, 0.25) is 0 Å². The van der Waals surface area contributed by atoms with Gasteiger partial charge < -0.3 is 4.74 Å². The molecule has 0 saturated heterocycles. The minimum Gasteiger partial charge on any atom is -0.463 e. The summed E-state index contributed by atoms with van der Waals surface area (Å²) >= 11 is 0. The summed E-state index contributed by atoms with van der Waals surface area (Å²) in [7, 11) is 0. The molecule has 0 bridgehead atoms. The topological polar surface area (TPSA) is 26.3 Å². The molecule has 0 saturated carbocycles. The van der Waals surface area contributed by atoms with Crippen molar-refractivity contribution in [3.8, 4) is 0 Å². The SMILES string of the molecule is CCOC(=O)/C=C\C(=C/c1ccc(F)cc1)c1ccc(C)c(C)c1. The molecule has 24 heavy (non-hydrogen) atoms. The van der Waals surface area contributed by atoms with Crippen molar-refractivity contribution in [1.82, 2.24) is 0 Å². The number of hydrogen-bond acceptors (Lipinski definition) is 2. The molecule has 0 amide bonds. The summed E-state index contributed by atoms with van der Waals surface area (Å²) in [4.78, 5) is 11.6. The van der Waals surface area contributed by atoms with Crippen molar-refractivity contribution >= 4 is 17.6 Å². The molecular weight excluding hydrogens is 303 g/mol. The third-order valence-electron chi connectivity index (χ3n) is 3.72. The van der Waals surface area contributed by atoms with Crippen LogP contribution in [0.5, 0.6) is 0 Å². The fourth-order valence-corrected chi connectivity index (χ4v) is 2.24. The molecule has 2 nitrogen and oxygen atoms in total. The van der Waals surface area contributed by atoms with Gasteiger partial charge in [0.05, 0.1) is 6.61 Å². The van der Waals surface area contributed by atoms with Crippen LogP contribution in [0.4, 0.5) is 4.39 Å². The second kappa shape index (κ2) is 8.25. The number of benzene rings is 2. The van der Waals surface area contributed by atoms with Gasteiger partial charge in [0.25, 0.3) is 0 Å². The van der Waals surface area contributed by atoms with Crippen LogP contribution < -0.4 is 0 Å². The third-order valence-corrected chi connectivity index (χ3v) is 3.72. The first-order chi connectivity index (χ1) is 11.5. The molecule has 0 N–H and O–H groups in total. The zero-order valence-electron chi connectivity index (χ0n) is 14.2. The average Bonchev–Trinajstić information content (AvgIpc) is 2.56. The molecular formula is C21H21FO2. The van der Waals surface area contributed by atoms with E-state index < -0.39 is 0 Å². The molecule has 2 aromatic rings. The fraction of sp³-hybridized carbons (Fsp3) is 0.190. The highest BCUT2D eigenvalue weighted by Crippen LogP contribution is 2.22. The molecule has 0 aliphatic rings. The van der Waals surface area contributed by atoms with Gasteiger partial charge in [0.1, 0.15) is 5.82 Å². The molecule has 0 spiro atoms. The molecule has 0 aromatic heterocycles. The Balaban J connectivity index is 2.42. The lowest BCUT2D eigenvalue weighted by Crippen LogP contribution is -1.99. The van der Waals surface area contributed by atoms with Crippen LogP contribution in [-0.2, 0) is 9.53 Å². The van der Waals surface area contributed by atoms with Crippen molar-refractivity contribution < 1.29 is 13.9 Å². The number of ether oxygens (including phenoxy) is 1. The van der Waals surface area contributed by atoms with Crippen molar-refractivity contribution in [3.63, 3.8) is 0 Å². The van der Waals surface area contributed by atoms with Crippen molar-refractivity contribution in [2.45, 2.75) is 20.8 Å². The average molecular weight is 324 g/mol. The number of rotatable bonds is 5. The zero-order chi connectivity index (χ0) is 17.5. The molecule has 0 aliphatic heterocycles. The van der Waals surface area contributed by atoms with Gasteiger partial charge in [-0.15, -0.1) is 0 Å². The van der Waals surface area contributed by atoms with Gasteiger partial charge in [-0.2, -0.15) is 0 Å². The number of halogens is 1. The van der Waals surface area contributed by atoms with E-state index in [1.807, 2.05) is 25.1 Å². The number of carbonyl (C=O) groups excluding carboxylic acids is 1. The maximum atomic E-state index is 13.1. The predicted octanol–water partition coefficient (Wildman–Crippen LogP) is 5.10. The Morgan fingerprint density at radius 3 is 2.38 bits per heavy atom. The summed E-state index contributed by atoms with van der Waals surface area (Å²) in [6, 6.07) is 12.4. The van der Waals surface area contributed by atoms with Gasteiger partial charge in [-0.05, 0) is 72.9 Å². The van der Waals surface area contributed by atoms with E-state index in [1.54, 1.807) is 25.1 Å². The normalized spacial score (nSPS) is 11.8. The minimum absolute atomic E-state index is 0.276. The second-order valence-electron chi connectivity index (χ2n) is 5.54. The quantitative estimate of drug-likeness (QED) is 0.331. The lowest BCUT2D eigenvalue weighted by molar-refractivity contribution is -0.137. The molecule has 0 fully saturated rings. The Labute approximate surface area is 142 Å². The molecule has 2 rings (SSSR count). The summed E-state index contributed by atoms with van der Waals surface area (Å²) in [5, 5.41) is 0. The lowest BCUT2D eigenvalue weighted by atomic mass is 9.98. The monoisotopic (exact) mass is 324 g/mol. The number of allylic oxidation sites excluding steroid dienone is 2. The van der Waals surface area contributed by atoms with Crippen LogP contribution in [0, 0.1) is 19.7 Å². The molecule has 2 aromatic carbocycles. The molecule has 0 heterocycles. The molecule has 124 valence electrons. The highest BCUT2D eigenvalue weighted by atomic mass is 19.1. The van der Waals surface area contributed by atoms with Crippen molar-refractivity contribution in [1.29, 1.82) is 0 Å². The van der Waals surface area contributed by atoms with Crippen LogP contribution in [-0.4, -0.2) is 12.6 Å². The van der Waals surface area contributed by atoms with Crippen LogP contribution in [0.1, 0.15) is 29.2 Å². The van der Waals surface area contributed by atoms with Gasteiger partial charge in [-0.25, -0.2) is 9.18 Å². The highest BCUT2D eigenvalue weighted by molar-refractivity contribution is 5.92. The minimum atomic E-state index is -0.383. The van der Waals surface area contributed by atoms with E-state index in [0.29, 0.717) is 6.61 Å². The van der Waals surface area contributed by atoms with Crippen molar-refractivity contribution in [3.05, 3.63) is 82.7 Å². The Morgan fingerprint density at radius 1 is 1.04 bits per heavy atom. The summed E-state index contributed by atoms with van der Waals surface area (Å²) in [5.41, 5.74) is 5.08. The van der Waals surface area contributed by atoms with E-state index in [0.717, 1.165) is 16.7 Å². The molecule has 0 atom stereocenters. The summed E-state index contributed by atoms with van der Waals surface area (Å²) < 4.78 is 18.0. The van der Waals surface area contributed by atoms with Crippen LogP contribution in [0.15, 0.2) is 54.6 Å². The molecule has 0 aliphatic carbocycles. The summed E-state index contributed by atoms with van der Waals surface area (Å²) in [6.45, 7) is 6.20. The molecule has 0 unspecified atom stereocenters. The molecule has 3 heteroatoms. The zero-order valence-corrected chi connectivity index (χ0v) is 14.2. The first kappa shape index (κ1) is 17.7. The maximum Gasteiger partial charge on any atom is 0.330 e. The molecule has 0 radical (unpaired) electrons. The highest BCUT2D eigenvalue weighted by Gasteiger charge is 2.03. The van der Waals surface area contributed by atoms with Gasteiger partial charge in [0.2, 0.25) is 0 Å². The summed E-state index contributed by atoms with van der Waals surface area (Å²) in [6.07, 6.45) is 5.05. The Hall–Kier alpha value is -2.68. The van der Waals surface area contributed by atoms with E-state index in [-0.39, 0.29) is 11.8 Å². The van der Waals surface area contributed by atoms with Gasteiger partial charge in [0.15, 0.2) is 0 Å². The predicted molar refractivity (Wildman–Crippen MR) is 96.0 cm³/mol. The third kappa shape index (κ3) is 4.92. The van der Waals surface area contributed by atoms with Crippen LogP contribution >= 0.6 is 0 Å². The largest absolute Gasteiger partial charge is 0.463 e. The fourth-order valence-electron chi connectivity index (χ4n) is 2.24.